The SMILES string of the molecule is CCc1ccc(CNC(=O)c2cc3n(n2)C[C@@](C)(C(=O)NCc2ccc(F)cc2)N(C)C3=O)cc1. The highest BCUT2D eigenvalue weighted by atomic mass is 19.1. The van der Waals surface area contributed by atoms with Gasteiger partial charge in [-0.05, 0) is 42.2 Å². The number of aromatic nitrogens is 2. The van der Waals surface area contributed by atoms with Crippen LogP contribution >= 0.6 is 0 Å². The molecule has 1 aromatic heterocycles. The summed E-state index contributed by atoms with van der Waals surface area (Å²) < 4.78 is 14.5. The standard InChI is InChI=1S/C26H28FN5O3/c1-4-17-5-7-18(8-6-17)14-28-23(33)21-13-22-24(34)31(3)26(2,16-32(22)30-21)25(35)29-15-19-9-11-20(27)12-10-19/h5-13H,4,14-16H2,1-3H3,(H,28,33)(H,29,35)/t26-/m0/s1. The van der Waals surface area contributed by atoms with Crippen molar-refractivity contribution in [3.8, 4) is 0 Å². The van der Waals surface area contributed by atoms with Gasteiger partial charge >= 0.3 is 0 Å². The second kappa shape index (κ2) is 9.69. The van der Waals surface area contributed by atoms with E-state index in [0.717, 1.165) is 17.5 Å². The summed E-state index contributed by atoms with van der Waals surface area (Å²) in [5, 5.41) is 9.96. The number of aryl methyl sites for hydroxylation is 1. The molecule has 0 saturated heterocycles. The van der Waals surface area contributed by atoms with Gasteiger partial charge in [-0.3, -0.25) is 19.1 Å². The van der Waals surface area contributed by atoms with E-state index in [1.165, 1.54) is 33.3 Å². The molecule has 0 radical (unpaired) electrons. The van der Waals surface area contributed by atoms with Crippen molar-refractivity contribution in [3.05, 3.63) is 88.5 Å². The van der Waals surface area contributed by atoms with Gasteiger partial charge in [0.2, 0.25) is 5.91 Å². The van der Waals surface area contributed by atoms with Gasteiger partial charge in [0, 0.05) is 26.2 Å². The van der Waals surface area contributed by atoms with Crippen LogP contribution in [0.5, 0.6) is 0 Å². The van der Waals surface area contributed by atoms with E-state index in [1.807, 2.05) is 24.3 Å². The van der Waals surface area contributed by atoms with Crippen molar-refractivity contribution in [2.24, 2.45) is 0 Å². The van der Waals surface area contributed by atoms with Crippen LogP contribution in [0.25, 0.3) is 0 Å². The Kier molecular flexibility index (Phi) is 6.68. The molecule has 0 aliphatic carbocycles. The molecule has 182 valence electrons. The van der Waals surface area contributed by atoms with Crippen LogP contribution in [0.1, 0.15) is 51.5 Å². The Hall–Kier alpha value is -4.01. The van der Waals surface area contributed by atoms with Crippen molar-refractivity contribution in [3.63, 3.8) is 0 Å². The van der Waals surface area contributed by atoms with Crippen molar-refractivity contribution in [2.45, 2.75) is 45.4 Å². The number of likely N-dealkylation sites (N-methyl/N-ethyl adjacent to an activating group) is 1. The minimum absolute atomic E-state index is 0.0889. The van der Waals surface area contributed by atoms with E-state index in [0.29, 0.717) is 6.54 Å². The van der Waals surface area contributed by atoms with Crippen LogP contribution in [0.2, 0.25) is 0 Å². The Balaban J connectivity index is 1.44. The first kappa shape index (κ1) is 24.1. The Labute approximate surface area is 203 Å². The van der Waals surface area contributed by atoms with Crippen LogP contribution in [-0.4, -0.2) is 45.0 Å². The minimum Gasteiger partial charge on any atom is -0.350 e. The van der Waals surface area contributed by atoms with Crippen molar-refractivity contribution >= 4 is 17.7 Å². The molecule has 35 heavy (non-hydrogen) atoms. The topological polar surface area (TPSA) is 96.3 Å². The molecule has 0 saturated carbocycles. The number of hydrogen-bond acceptors (Lipinski definition) is 4. The minimum atomic E-state index is -1.22. The summed E-state index contributed by atoms with van der Waals surface area (Å²) in [7, 11) is 1.55. The number of rotatable bonds is 7. The number of benzene rings is 2. The molecule has 0 unspecified atom stereocenters. The fourth-order valence-corrected chi connectivity index (χ4v) is 3.98. The van der Waals surface area contributed by atoms with Gasteiger partial charge in [-0.2, -0.15) is 5.10 Å². The quantitative estimate of drug-likeness (QED) is 0.547. The maximum Gasteiger partial charge on any atom is 0.272 e. The number of hydrogen-bond donors (Lipinski definition) is 2. The van der Waals surface area contributed by atoms with Gasteiger partial charge in [0.1, 0.15) is 17.1 Å². The second-order valence-electron chi connectivity index (χ2n) is 8.87. The zero-order valence-corrected chi connectivity index (χ0v) is 20.0. The molecule has 1 aliphatic rings. The van der Waals surface area contributed by atoms with Crippen molar-refractivity contribution in [1.82, 2.24) is 25.3 Å². The van der Waals surface area contributed by atoms with Crippen molar-refractivity contribution in [1.29, 1.82) is 0 Å². The largest absolute Gasteiger partial charge is 0.350 e. The van der Waals surface area contributed by atoms with Crippen molar-refractivity contribution in [2.75, 3.05) is 7.05 Å². The van der Waals surface area contributed by atoms with Crippen LogP contribution < -0.4 is 10.6 Å². The molecule has 2 N–H and O–H groups in total. The van der Waals surface area contributed by atoms with Crippen molar-refractivity contribution < 1.29 is 18.8 Å². The lowest BCUT2D eigenvalue weighted by Gasteiger charge is -2.40. The molecule has 0 spiro atoms. The molecule has 1 atom stereocenters. The molecule has 3 aromatic rings. The first-order valence-electron chi connectivity index (χ1n) is 11.5. The lowest BCUT2D eigenvalue weighted by atomic mass is 9.96. The summed E-state index contributed by atoms with van der Waals surface area (Å²) in [5.41, 5.74) is 2.05. The first-order chi connectivity index (χ1) is 16.7. The molecular weight excluding hydrogens is 449 g/mol. The highest BCUT2D eigenvalue weighted by molar-refractivity contribution is 6.01. The van der Waals surface area contributed by atoms with Gasteiger partial charge < -0.3 is 15.5 Å². The smallest absolute Gasteiger partial charge is 0.272 e. The molecule has 2 aromatic carbocycles. The summed E-state index contributed by atoms with van der Waals surface area (Å²) in [6.45, 7) is 4.34. The summed E-state index contributed by atoms with van der Waals surface area (Å²) in [5.74, 6) is -1.53. The fraction of sp³-hybridized carbons (Fsp3) is 0.308. The van der Waals surface area contributed by atoms with Gasteiger partial charge in [-0.15, -0.1) is 0 Å². The fourth-order valence-electron chi connectivity index (χ4n) is 3.98. The molecule has 0 fully saturated rings. The average molecular weight is 478 g/mol. The van der Waals surface area contributed by atoms with E-state index in [4.69, 9.17) is 0 Å². The third-order valence-corrected chi connectivity index (χ3v) is 6.47. The van der Waals surface area contributed by atoms with E-state index in [2.05, 4.69) is 22.7 Å². The van der Waals surface area contributed by atoms with Gasteiger partial charge in [0.25, 0.3) is 11.8 Å². The van der Waals surface area contributed by atoms with E-state index in [1.54, 1.807) is 26.1 Å². The number of halogens is 1. The number of amides is 3. The maximum atomic E-state index is 13.1. The molecule has 0 bridgehead atoms. The number of fused-ring (bicyclic) bond motifs is 1. The molecule has 1 aliphatic heterocycles. The Morgan fingerprint density at radius 2 is 1.57 bits per heavy atom. The zero-order chi connectivity index (χ0) is 25.2. The second-order valence-corrected chi connectivity index (χ2v) is 8.87. The maximum absolute atomic E-state index is 13.1. The molecule has 8 nitrogen and oxygen atoms in total. The third-order valence-electron chi connectivity index (χ3n) is 6.47. The molecular formula is C26H28FN5O3. The van der Waals surface area contributed by atoms with Gasteiger partial charge in [0.15, 0.2) is 5.69 Å². The molecule has 2 heterocycles. The van der Waals surface area contributed by atoms with Crippen LogP contribution in [0.3, 0.4) is 0 Å². The van der Waals surface area contributed by atoms with Crippen LogP contribution in [0, 0.1) is 5.82 Å². The van der Waals surface area contributed by atoms with E-state index in [9.17, 15) is 18.8 Å². The first-order valence-corrected chi connectivity index (χ1v) is 11.5. The van der Waals surface area contributed by atoms with Crippen LogP contribution in [-0.2, 0) is 30.8 Å². The predicted octanol–water partition coefficient (Wildman–Crippen LogP) is 2.68. The van der Waals surface area contributed by atoms with Crippen LogP contribution in [0.15, 0.2) is 54.6 Å². The third kappa shape index (κ3) is 4.94. The van der Waals surface area contributed by atoms with E-state index >= 15 is 0 Å². The average Bonchev–Trinajstić information content (AvgIpc) is 3.29. The number of carbonyl (C=O) groups excluding carboxylic acids is 3. The normalized spacial score (nSPS) is 17.1. The highest BCUT2D eigenvalue weighted by Crippen LogP contribution is 2.26. The van der Waals surface area contributed by atoms with E-state index in [-0.39, 0.29) is 36.2 Å². The Bertz CT molecular complexity index is 1250. The highest BCUT2D eigenvalue weighted by Gasteiger charge is 2.46. The van der Waals surface area contributed by atoms with E-state index < -0.39 is 17.4 Å². The Morgan fingerprint density at radius 1 is 1.00 bits per heavy atom. The zero-order valence-electron chi connectivity index (χ0n) is 20.0. The Morgan fingerprint density at radius 3 is 2.20 bits per heavy atom. The lowest BCUT2D eigenvalue weighted by molar-refractivity contribution is -0.132. The molecule has 3 amide bonds. The lowest BCUT2D eigenvalue weighted by Crippen LogP contribution is -2.62. The summed E-state index contributed by atoms with van der Waals surface area (Å²) in [6, 6.07) is 15.2. The number of nitrogens with zero attached hydrogens (tertiary/aromatic N) is 3. The monoisotopic (exact) mass is 477 g/mol. The van der Waals surface area contributed by atoms with Gasteiger partial charge in [-0.25, -0.2) is 4.39 Å². The predicted molar refractivity (Wildman–Crippen MR) is 128 cm³/mol. The van der Waals surface area contributed by atoms with Gasteiger partial charge in [0.05, 0.1) is 6.54 Å². The molecule has 9 heteroatoms. The number of nitrogens with one attached hydrogen (secondary N) is 2. The number of carbonyl (C=O) groups is 3. The summed E-state index contributed by atoms with van der Waals surface area (Å²) >= 11 is 0. The van der Waals surface area contributed by atoms with Crippen LogP contribution in [0.4, 0.5) is 4.39 Å². The summed E-state index contributed by atoms with van der Waals surface area (Å²) in [6.07, 6.45) is 0.943. The van der Waals surface area contributed by atoms with Gasteiger partial charge in [-0.1, -0.05) is 43.3 Å². The molecule has 4 rings (SSSR count). The summed E-state index contributed by atoms with van der Waals surface area (Å²) in [4.78, 5) is 40.2.